The standard InChI is InChI=1S/C12H14F2NO.C2H3NO3S.Li/c13-10-2-4-15(8-10)3-1-9-5-11(14)7-12(16)6-9;1-2(4)3-7(5)6;/h5-6,10,16H,1-4,8H2;1H2,(H,3,4,5,6);/q-1;-2;+1/t10-;;/m1../s1. The SMILES string of the molecule is Oc1[c-]c(F)cc(CCN2CC[C@@H](F)C2)c1.[CH2-]C(=O)N[S-](=O)=O.[Li+]. The Morgan fingerprint density at radius 2 is 2.17 bits per heavy atom. The molecule has 1 heterocycles. The molecule has 1 fully saturated rings. The number of halogens is 2. The van der Waals surface area contributed by atoms with E-state index in [1.165, 1.54) is 16.9 Å². The number of aromatic hydroxyl groups is 1. The van der Waals surface area contributed by atoms with Crippen molar-refractivity contribution in [3.8, 4) is 5.75 Å². The van der Waals surface area contributed by atoms with E-state index in [4.69, 9.17) is 5.11 Å². The van der Waals surface area contributed by atoms with Crippen molar-refractivity contribution in [2.24, 2.45) is 0 Å². The Morgan fingerprint density at radius 1 is 1.50 bits per heavy atom. The van der Waals surface area contributed by atoms with E-state index in [2.05, 4.69) is 13.0 Å². The minimum absolute atomic E-state index is 0. The molecule has 1 atom stereocenters. The molecule has 0 unspecified atom stereocenters. The van der Waals surface area contributed by atoms with Crippen LogP contribution in [0.4, 0.5) is 8.78 Å². The van der Waals surface area contributed by atoms with Crippen LogP contribution in [-0.4, -0.2) is 41.7 Å². The molecule has 24 heavy (non-hydrogen) atoms. The van der Waals surface area contributed by atoms with Gasteiger partial charge in [-0.3, -0.25) is 0 Å². The predicted octanol–water partition coefficient (Wildman–Crippen LogP) is -1.92. The van der Waals surface area contributed by atoms with Gasteiger partial charge in [-0.25, -0.2) is 8.78 Å². The van der Waals surface area contributed by atoms with Crippen LogP contribution in [0.3, 0.4) is 0 Å². The Kier molecular flexibility index (Phi) is 10.7. The van der Waals surface area contributed by atoms with Gasteiger partial charge >= 0.3 is 18.9 Å². The number of nitrogens with one attached hydrogen (secondary N) is 1. The van der Waals surface area contributed by atoms with Crippen LogP contribution in [0.25, 0.3) is 0 Å². The predicted molar refractivity (Wildman–Crippen MR) is 78.8 cm³/mol. The molecule has 0 radical (unpaired) electrons. The average Bonchev–Trinajstić information content (AvgIpc) is 2.80. The fourth-order valence-electron chi connectivity index (χ4n) is 2.09. The number of hydrogen-bond donors (Lipinski definition) is 2. The summed E-state index contributed by atoms with van der Waals surface area (Å²) in [6.07, 6.45) is 0.475. The van der Waals surface area contributed by atoms with E-state index in [0.29, 0.717) is 25.9 Å². The minimum Gasteiger partial charge on any atom is -0.534 e. The maximum atomic E-state index is 12.9. The Bertz CT molecular complexity index is 588. The first-order valence-corrected chi connectivity index (χ1v) is 7.82. The molecular formula is C14H17F2LiN2O4S-2. The topological polar surface area (TPSA) is 86.7 Å². The van der Waals surface area contributed by atoms with Gasteiger partial charge in [-0.05, 0) is 12.8 Å². The second kappa shape index (κ2) is 11.3. The van der Waals surface area contributed by atoms with Crippen LogP contribution in [0.2, 0.25) is 0 Å². The molecule has 10 heteroatoms. The third-order valence-electron chi connectivity index (χ3n) is 3.01. The van der Waals surface area contributed by atoms with Gasteiger partial charge in [-0.2, -0.15) is 5.56 Å². The van der Waals surface area contributed by atoms with Crippen molar-refractivity contribution < 1.29 is 46.0 Å². The van der Waals surface area contributed by atoms with Crippen molar-refractivity contribution in [1.29, 1.82) is 0 Å². The molecule has 1 aromatic carbocycles. The second-order valence-electron chi connectivity index (χ2n) is 4.92. The number of phenolic OH excluding ortho intramolecular Hbond substituents is 1. The van der Waals surface area contributed by atoms with Gasteiger partial charge in [0.25, 0.3) is 0 Å². The van der Waals surface area contributed by atoms with E-state index in [1.54, 1.807) is 0 Å². The van der Waals surface area contributed by atoms with Crippen molar-refractivity contribution in [2.45, 2.75) is 19.0 Å². The minimum atomic E-state index is -2.51. The zero-order chi connectivity index (χ0) is 17.4. The maximum Gasteiger partial charge on any atom is 1.00 e. The third kappa shape index (κ3) is 9.77. The summed E-state index contributed by atoms with van der Waals surface area (Å²) in [5.41, 5.74) is 0.719. The van der Waals surface area contributed by atoms with Gasteiger partial charge in [0.2, 0.25) is 0 Å². The average molecular weight is 354 g/mol. The molecule has 1 aromatic rings. The number of alkyl halides is 1. The van der Waals surface area contributed by atoms with E-state index >= 15 is 0 Å². The molecule has 0 spiro atoms. The summed E-state index contributed by atoms with van der Waals surface area (Å²) >= 11 is 0. The molecule has 1 aliphatic heterocycles. The second-order valence-corrected chi connectivity index (χ2v) is 5.59. The first-order chi connectivity index (χ1) is 10.8. The number of likely N-dealkylation sites (tertiary alicyclic amines) is 1. The molecule has 2 N–H and O–H groups in total. The summed E-state index contributed by atoms with van der Waals surface area (Å²) in [6, 6.07) is 5.00. The zero-order valence-electron chi connectivity index (χ0n) is 13.3. The molecule has 6 nitrogen and oxygen atoms in total. The number of rotatable bonds is 4. The van der Waals surface area contributed by atoms with Crippen LogP contribution < -0.4 is 23.6 Å². The van der Waals surface area contributed by atoms with Crippen molar-refractivity contribution in [1.82, 2.24) is 9.62 Å². The van der Waals surface area contributed by atoms with Crippen LogP contribution in [0, 0.1) is 18.8 Å². The summed E-state index contributed by atoms with van der Waals surface area (Å²) in [5.74, 6) is -1.56. The molecule has 1 amide bonds. The van der Waals surface area contributed by atoms with Gasteiger partial charge in [0.05, 0.1) is 5.91 Å². The van der Waals surface area contributed by atoms with E-state index in [9.17, 15) is 22.0 Å². The molecule has 0 saturated carbocycles. The molecular weight excluding hydrogens is 337 g/mol. The number of hydrogen-bond acceptors (Lipinski definition) is 6. The fraction of sp³-hybridized carbons (Fsp3) is 0.429. The number of amides is 1. The summed E-state index contributed by atoms with van der Waals surface area (Å²) in [6.45, 7) is 4.66. The van der Waals surface area contributed by atoms with Gasteiger partial charge in [0.1, 0.15) is 6.17 Å². The Labute approximate surface area is 153 Å². The van der Waals surface area contributed by atoms with Crippen molar-refractivity contribution >= 4 is 16.8 Å². The van der Waals surface area contributed by atoms with Crippen molar-refractivity contribution in [3.63, 3.8) is 0 Å². The van der Waals surface area contributed by atoms with Gasteiger partial charge in [0.15, 0.2) is 0 Å². The summed E-state index contributed by atoms with van der Waals surface area (Å²) < 4.78 is 46.1. The number of nitrogens with zero attached hydrogens (tertiary/aromatic N) is 1. The Morgan fingerprint density at radius 3 is 2.58 bits per heavy atom. The van der Waals surface area contributed by atoms with E-state index in [0.717, 1.165) is 12.1 Å². The van der Waals surface area contributed by atoms with Crippen LogP contribution in [-0.2, 0) is 30.5 Å². The van der Waals surface area contributed by atoms with Crippen LogP contribution >= 0.6 is 0 Å². The van der Waals surface area contributed by atoms with Gasteiger partial charge in [-0.15, -0.1) is 18.2 Å². The van der Waals surface area contributed by atoms with E-state index in [-0.39, 0.29) is 24.6 Å². The summed E-state index contributed by atoms with van der Waals surface area (Å²) in [7, 11) is -2.51. The largest absolute Gasteiger partial charge is 1.00 e. The molecule has 2 rings (SSSR count). The number of benzene rings is 1. The first kappa shape index (κ1) is 22.7. The van der Waals surface area contributed by atoms with Crippen LogP contribution in [0.5, 0.6) is 5.75 Å². The van der Waals surface area contributed by atoms with Crippen LogP contribution in [0.15, 0.2) is 12.1 Å². The quantitative estimate of drug-likeness (QED) is 0.374. The number of phenols is 1. The molecule has 0 aromatic heterocycles. The van der Waals surface area contributed by atoms with Crippen LogP contribution in [0.1, 0.15) is 12.0 Å². The number of carbonyl (C=O) groups excluding carboxylic acids is 1. The normalized spacial score (nSPS) is 16.9. The van der Waals surface area contributed by atoms with E-state index < -0.39 is 28.8 Å². The van der Waals surface area contributed by atoms with Gasteiger partial charge in [0, 0.05) is 42.1 Å². The van der Waals surface area contributed by atoms with Crippen molar-refractivity contribution in [2.75, 3.05) is 19.6 Å². The molecule has 1 saturated heterocycles. The molecule has 130 valence electrons. The maximum absolute atomic E-state index is 12.9. The van der Waals surface area contributed by atoms with E-state index in [1.807, 2.05) is 4.90 Å². The third-order valence-corrected chi connectivity index (χ3v) is 3.40. The first-order valence-electron chi connectivity index (χ1n) is 6.75. The number of carbonyl (C=O) groups is 1. The Balaban J connectivity index is 0.000000570. The smallest absolute Gasteiger partial charge is 0.534 e. The fourth-order valence-corrected chi connectivity index (χ4v) is 2.27. The molecule has 1 aliphatic rings. The van der Waals surface area contributed by atoms with Gasteiger partial charge < -0.3 is 34.9 Å². The molecule has 0 aliphatic carbocycles. The Hall–Kier alpha value is -1.27. The summed E-state index contributed by atoms with van der Waals surface area (Å²) in [4.78, 5) is 11.6. The van der Waals surface area contributed by atoms with Crippen molar-refractivity contribution in [3.05, 3.63) is 36.5 Å². The summed E-state index contributed by atoms with van der Waals surface area (Å²) in [5, 5.41) is 9.16. The molecule has 0 bridgehead atoms. The zero-order valence-corrected chi connectivity index (χ0v) is 14.1. The van der Waals surface area contributed by atoms with Gasteiger partial charge in [-0.1, -0.05) is 0 Å². The monoisotopic (exact) mass is 354 g/mol.